The number of halogens is 1. The summed E-state index contributed by atoms with van der Waals surface area (Å²) in [6.07, 6.45) is 4.07. The highest BCUT2D eigenvalue weighted by Crippen LogP contribution is 2.24. The third-order valence-electron chi connectivity index (χ3n) is 2.25. The molecule has 1 aromatic heterocycles. The molecule has 2 rings (SSSR count). The normalized spacial score (nSPS) is 17.9. The molecule has 7 nitrogen and oxygen atoms in total. The Morgan fingerprint density at radius 1 is 1.33 bits per heavy atom. The molecule has 1 aliphatic rings. The van der Waals surface area contributed by atoms with E-state index in [1.807, 2.05) is 23.8 Å². The van der Waals surface area contributed by atoms with E-state index in [9.17, 15) is 5.11 Å². The van der Waals surface area contributed by atoms with Crippen molar-refractivity contribution in [1.29, 1.82) is 0 Å². The van der Waals surface area contributed by atoms with Crippen molar-refractivity contribution in [2.24, 2.45) is 0 Å². The minimum atomic E-state index is -4.94. The van der Waals surface area contributed by atoms with Crippen molar-refractivity contribution in [1.82, 2.24) is 0 Å². The van der Waals surface area contributed by atoms with E-state index < -0.39 is 10.2 Å². The van der Waals surface area contributed by atoms with Gasteiger partial charge in [0.2, 0.25) is 5.75 Å². The second-order valence-corrected chi connectivity index (χ2v) is 4.50. The average molecular weight is 277 g/mol. The predicted octanol–water partition coefficient (Wildman–Crippen LogP) is -3.19. The molecule has 0 bridgehead atoms. The van der Waals surface area contributed by atoms with Gasteiger partial charge in [0.15, 0.2) is 0 Å². The van der Waals surface area contributed by atoms with Gasteiger partial charge in [-0.25, -0.2) is 28.5 Å². The predicted molar refractivity (Wildman–Crippen MR) is 50.4 cm³/mol. The second-order valence-electron chi connectivity index (χ2n) is 3.74. The molecule has 0 aliphatic carbocycles. The summed E-state index contributed by atoms with van der Waals surface area (Å²) in [5.41, 5.74) is 1.08. The highest BCUT2D eigenvalue weighted by Gasteiger charge is 2.23. The van der Waals surface area contributed by atoms with Crippen LogP contribution in [0.5, 0.6) is 5.75 Å². The number of fused-ring (bicyclic) bond motifs is 1. The zero-order chi connectivity index (χ0) is 13.9. The minimum Gasteiger partial charge on any atom is -0.501 e. The van der Waals surface area contributed by atoms with Gasteiger partial charge < -0.3 is 5.11 Å². The molecular formula is C10H13ClN2O5. The van der Waals surface area contributed by atoms with Crippen LogP contribution in [0.25, 0.3) is 0 Å². The molecule has 0 saturated heterocycles. The number of pyridine rings is 1. The number of aromatic hydroxyl groups is 1. The molecule has 0 amide bonds. The third-order valence-corrected chi connectivity index (χ3v) is 2.25. The van der Waals surface area contributed by atoms with E-state index in [4.69, 9.17) is 18.6 Å². The van der Waals surface area contributed by atoms with Crippen molar-refractivity contribution in [3.8, 4) is 5.75 Å². The van der Waals surface area contributed by atoms with Gasteiger partial charge in [-0.15, -0.1) is 10.2 Å². The lowest BCUT2D eigenvalue weighted by Crippen LogP contribution is -2.68. The number of anilines is 1. The number of aromatic nitrogens is 1. The maximum Gasteiger partial charge on any atom is 0.322 e. The van der Waals surface area contributed by atoms with Crippen molar-refractivity contribution in [3.63, 3.8) is 0 Å². The lowest BCUT2D eigenvalue weighted by atomic mass is 10.2. The van der Waals surface area contributed by atoms with E-state index in [0.29, 0.717) is 11.8 Å². The standard InChI is InChI=1S/C10H12N2O.ClHO4/c1-7-6-8(2)12-5-3-4-9(13)10(12)11-7;2-1(3,4)5/h3-6,8,13H,1-2H3;(H,2,3,4,5). The first-order valence-corrected chi connectivity index (χ1v) is 6.22. The van der Waals surface area contributed by atoms with E-state index in [2.05, 4.69) is 18.3 Å². The summed E-state index contributed by atoms with van der Waals surface area (Å²) in [5.74, 6) is 1.07. The fraction of sp³-hybridized carbons (Fsp3) is 0.300. The van der Waals surface area contributed by atoms with Gasteiger partial charge in [0.25, 0.3) is 0 Å². The summed E-state index contributed by atoms with van der Waals surface area (Å²) in [5, 5.41) is 12.7. The molecule has 100 valence electrons. The van der Waals surface area contributed by atoms with Gasteiger partial charge in [0.1, 0.15) is 6.04 Å². The molecule has 0 spiro atoms. The zero-order valence-corrected chi connectivity index (χ0v) is 10.5. The summed E-state index contributed by atoms with van der Waals surface area (Å²) < 4.78 is 36.0. The molecule has 0 fully saturated rings. The number of hydrogen-bond donors (Lipinski definition) is 2. The van der Waals surface area contributed by atoms with Gasteiger partial charge in [-0.2, -0.15) is 0 Å². The molecule has 2 N–H and O–H groups in total. The van der Waals surface area contributed by atoms with Gasteiger partial charge in [0.05, 0.1) is 11.9 Å². The first-order chi connectivity index (χ1) is 8.18. The van der Waals surface area contributed by atoms with Gasteiger partial charge in [-0.3, -0.25) is 0 Å². The monoisotopic (exact) mass is 276 g/mol. The van der Waals surface area contributed by atoms with Crippen molar-refractivity contribution in [2.45, 2.75) is 19.9 Å². The largest absolute Gasteiger partial charge is 0.501 e. The summed E-state index contributed by atoms with van der Waals surface area (Å²) in [6.45, 7) is 4.08. The molecule has 1 unspecified atom stereocenters. The van der Waals surface area contributed by atoms with Crippen LogP contribution in [0.3, 0.4) is 0 Å². The molecule has 1 aliphatic heterocycles. The SMILES string of the molecule is CC1=CC(C)[n+]2cccc(O)c2N1.[O-][Cl+3]([O-])([O-])[O-]. The molecule has 0 aromatic carbocycles. The average Bonchev–Trinajstić information content (AvgIpc) is 2.17. The fourth-order valence-electron chi connectivity index (χ4n) is 1.65. The van der Waals surface area contributed by atoms with Crippen molar-refractivity contribution >= 4 is 5.82 Å². The first-order valence-electron chi connectivity index (χ1n) is 4.99. The number of rotatable bonds is 0. The Balaban J connectivity index is 0.000000280. The van der Waals surface area contributed by atoms with E-state index in [1.54, 1.807) is 6.07 Å². The van der Waals surface area contributed by atoms with Crippen LogP contribution < -0.4 is 28.5 Å². The van der Waals surface area contributed by atoms with Crippen LogP contribution in [0.1, 0.15) is 19.9 Å². The van der Waals surface area contributed by atoms with E-state index in [0.717, 1.165) is 11.5 Å². The summed E-state index contributed by atoms with van der Waals surface area (Å²) >= 11 is 0. The van der Waals surface area contributed by atoms with Crippen LogP contribution in [0.4, 0.5) is 5.82 Å². The molecule has 1 aromatic rings. The van der Waals surface area contributed by atoms with Crippen LogP contribution in [-0.2, 0) is 0 Å². The maximum absolute atomic E-state index is 9.58. The summed E-state index contributed by atoms with van der Waals surface area (Å²) in [6, 6.07) is 3.82. The smallest absolute Gasteiger partial charge is 0.322 e. The Labute approximate surface area is 106 Å². The topological polar surface area (TPSA) is 128 Å². The van der Waals surface area contributed by atoms with Crippen molar-refractivity contribution in [3.05, 3.63) is 30.1 Å². The lowest BCUT2D eigenvalue weighted by molar-refractivity contribution is -2.00. The van der Waals surface area contributed by atoms with Crippen LogP contribution in [0.15, 0.2) is 30.1 Å². The fourth-order valence-corrected chi connectivity index (χ4v) is 1.65. The van der Waals surface area contributed by atoms with Crippen molar-refractivity contribution < 1.29 is 38.6 Å². The molecule has 8 heteroatoms. The molecular weight excluding hydrogens is 264 g/mol. The zero-order valence-electron chi connectivity index (χ0n) is 9.79. The highest BCUT2D eigenvalue weighted by atomic mass is 35.7. The third kappa shape index (κ3) is 4.47. The van der Waals surface area contributed by atoms with Crippen LogP contribution in [0.2, 0.25) is 0 Å². The molecule has 2 heterocycles. The first kappa shape index (κ1) is 14.7. The lowest BCUT2D eigenvalue weighted by Gasteiger charge is -2.17. The van der Waals surface area contributed by atoms with E-state index in [1.165, 1.54) is 0 Å². The van der Waals surface area contributed by atoms with Gasteiger partial charge in [-0.05, 0) is 26.0 Å². The Morgan fingerprint density at radius 2 is 1.89 bits per heavy atom. The Morgan fingerprint density at radius 3 is 2.44 bits per heavy atom. The Kier molecular flexibility index (Phi) is 4.49. The maximum atomic E-state index is 9.58. The molecule has 0 saturated carbocycles. The van der Waals surface area contributed by atoms with Gasteiger partial charge >= 0.3 is 5.82 Å². The number of nitrogens with one attached hydrogen (secondary N) is 1. The molecule has 0 radical (unpaired) electrons. The van der Waals surface area contributed by atoms with E-state index >= 15 is 0 Å². The minimum absolute atomic E-state index is 0.293. The van der Waals surface area contributed by atoms with Gasteiger partial charge in [0, 0.05) is 6.08 Å². The summed E-state index contributed by atoms with van der Waals surface area (Å²) in [7, 11) is -4.94. The second kappa shape index (κ2) is 5.51. The number of allylic oxidation sites excluding steroid dienone is 2. The molecule has 18 heavy (non-hydrogen) atoms. The summed E-state index contributed by atoms with van der Waals surface area (Å²) in [4.78, 5) is 0. The van der Waals surface area contributed by atoms with Crippen LogP contribution in [0, 0.1) is 10.2 Å². The van der Waals surface area contributed by atoms with E-state index in [-0.39, 0.29) is 0 Å². The highest BCUT2D eigenvalue weighted by molar-refractivity contribution is 5.49. The quantitative estimate of drug-likeness (QED) is 0.481. The van der Waals surface area contributed by atoms with Gasteiger partial charge in [-0.1, -0.05) is 0 Å². The van der Waals surface area contributed by atoms with Crippen LogP contribution in [-0.4, -0.2) is 5.11 Å². The Hall–Kier alpha value is -1.38. The number of nitrogens with zero attached hydrogens (tertiary/aromatic N) is 1. The number of hydrogen-bond acceptors (Lipinski definition) is 6. The van der Waals surface area contributed by atoms with Crippen LogP contribution >= 0.6 is 0 Å². The molecule has 1 atom stereocenters. The Bertz CT molecular complexity index is 452. The van der Waals surface area contributed by atoms with Crippen molar-refractivity contribution in [2.75, 3.05) is 5.32 Å².